The monoisotopic (exact) mass is 218 g/mol. The molecule has 1 heterocycles. The van der Waals surface area contributed by atoms with Crippen LogP contribution in [0.2, 0.25) is 0 Å². The van der Waals surface area contributed by atoms with Crippen LogP contribution in [0.15, 0.2) is 36.5 Å². The van der Waals surface area contributed by atoms with Crippen LogP contribution in [0.25, 0.3) is 10.9 Å². The van der Waals surface area contributed by atoms with Crippen molar-refractivity contribution in [3.63, 3.8) is 0 Å². The Morgan fingerprint density at radius 1 is 1.33 bits per heavy atom. The summed E-state index contributed by atoms with van der Waals surface area (Å²) in [5.41, 5.74) is 1.53. The van der Waals surface area contributed by atoms with Crippen LogP contribution in [0.5, 0.6) is 0 Å². The average molecular weight is 218 g/mol. The third-order valence-corrected chi connectivity index (χ3v) is 2.34. The highest BCUT2D eigenvalue weighted by molar-refractivity contribution is 7.81. The van der Waals surface area contributed by atoms with Crippen molar-refractivity contribution in [3.05, 3.63) is 36.5 Å². The van der Waals surface area contributed by atoms with Crippen molar-refractivity contribution in [2.45, 2.75) is 0 Å². The minimum atomic E-state index is -0.128. The zero-order chi connectivity index (χ0) is 10.7. The van der Waals surface area contributed by atoms with E-state index >= 15 is 0 Å². The minimum absolute atomic E-state index is 0.128. The zero-order valence-corrected chi connectivity index (χ0v) is 8.87. The van der Waals surface area contributed by atoms with Crippen molar-refractivity contribution in [3.8, 4) is 0 Å². The van der Waals surface area contributed by atoms with Gasteiger partial charge in [0.1, 0.15) is 0 Å². The molecule has 15 heavy (non-hydrogen) atoms. The molecule has 0 fully saturated rings. The molecule has 0 aliphatic heterocycles. The molecule has 0 aliphatic carbocycles. The number of carbonyl (C=O) groups excluding carboxylic acids is 1. The quantitative estimate of drug-likeness (QED) is 0.758. The average Bonchev–Trinajstić information content (AvgIpc) is 2.29. The number of carbonyl (C=O) groups is 1. The summed E-state index contributed by atoms with van der Waals surface area (Å²) in [5.74, 6) is 0.0416. The van der Waals surface area contributed by atoms with Crippen LogP contribution in [0.3, 0.4) is 0 Å². The number of hydrogen-bond acceptors (Lipinski definition) is 3. The maximum Gasteiger partial charge on any atom is 0.234 e. The normalized spacial score (nSPS) is 10.2. The van der Waals surface area contributed by atoms with Gasteiger partial charge in [-0.1, -0.05) is 18.2 Å². The van der Waals surface area contributed by atoms with Crippen molar-refractivity contribution in [1.82, 2.24) is 4.98 Å². The van der Waals surface area contributed by atoms with Gasteiger partial charge in [-0.2, -0.15) is 12.6 Å². The fourth-order valence-electron chi connectivity index (χ4n) is 1.39. The van der Waals surface area contributed by atoms with Crippen LogP contribution in [0.4, 0.5) is 5.69 Å². The van der Waals surface area contributed by atoms with Crippen molar-refractivity contribution >= 4 is 35.1 Å². The van der Waals surface area contributed by atoms with Crippen LogP contribution < -0.4 is 5.32 Å². The Kier molecular flexibility index (Phi) is 2.87. The Hall–Kier alpha value is -1.55. The van der Waals surface area contributed by atoms with Crippen molar-refractivity contribution in [1.29, 1.82) is 0 Å². The van der Waals surface area contributed by atoms with E-state index in [1.807, 2.05) is 30.3 Å². The Labute approximate surface area is 92.9 Å². The first-order valence-corrected chi connectivity index (χ1v) is 5.19. The molecule has 2 rings (SSSR count). The summed E-state index contributed by atoms with van der Waals surface area (Å²) in [7, 11) is 0. The third-order valence-electron chi connectivity index (χ3n) is 2.05. The fraction of sp³-hybridized carbons (Fsp3) is 0.0909. The summed E-state index contributed by atoms with van der Waals surface area (Å²) in [6.45, 7) is 0. The lowest BCUT2D eigenvalue weighted by Gasteiger charge is -2.05. The van der Waals surface area contributed by atoms with Crippen LogP contribution >= 0.6 is 12.6 Å². The summed E-state index contributed by atoms with van der Waals surface area (Å²) >= 11 is 3.91. The van der Waals surface area contributed by atoms with E-state index in [1.54, 1.807) is 6.20 Å². The lowest BCUT2D eigenvalue weighted by Crippen LogP contribution is -2.12. The first kappa shape index (κ1) is 9.98. The van der Waals surface area contributed by atoms with Crippen LogP contribution in [0.1, 0.15) is 0 Å². The van der Waals surface area contributed by atoms with Gasteiger partial charge >= 0.3 is 0 Å². The Morgan fingerprint density at radius 2 is 2.13 bits per heavy atom. The number of anilines is 1. The Morgan fingerprint density at radius 3 is 2.93 bits per heavy atom. The second kappa shape index (κ2) is 4.31. The molecule has 3 nitrogen and oxygen atoms in total. The van der Waals surface area contributed by atoms with Gasteiger partial charge in [0, 0.05) is 11.6 Å². The number of benzene rings is 1. The molecule has 1 aromatic heterocycles. The van der Waals surface area contributed by atoms with E-state index in [9.17, 15) is 4.79 Å². The number of para-hydroxylation sites is 1. The molecule has 1 amide bonds. The molecule has 1 N–H and O–H groups in total. The fourth-order valence-corrected chi connectivity index (χ4v) is 1.47. The molecule has 0 aliphatic rings. The molecule has 0 atom stereocenters. The minimum Gasteiger partial charge on any atom is -0.323 e. The molecule has 0 unspecified atom stereocenters. The van der Waals surface area contributed by atoms with Crippen molar-refractivity contribution in [2.24, 2.45) is 0 Å². The number of pyridine rings is 1. The smallest absolute Gasteiger partial charge is 0.234 e. The van der Waals surface area contributed by atoms with E-state index in [0.717, 1.165) is 16.6 Å². The summed E-state index contributed by atoms with van der Waals surface area (Å²) < 4.78 is 0. The largest absolute Gasteiger partial charge is 0.323 e. The first-order valence-electron chi connectivity index (χ1n) is 4.56. The number of rotatable bonds is 2. The summed E-state index contributed by atoms with van der Waals surface area (Å²) in [6, 6.07) is 9.50. The standard InChI is InChI=1S/C11H10N2OS/c14-10(7-15)13-9-5-1-3-8-4-2-6-12-11(8)9/h1-6,15H,7H2,(H,13,14). The number of hydrogen-bond donors (Lipinski definition) is 2. The first-order chi connectivity index (χ1) is 7.31. The van der Waals surface area contributed by atoms with Crippen LogP contribution in [-0.4, -0.2) is 16.6 Å². The molecule has 1 aromatic carbocycles. The summed E-state index contributed by atoms with van der Waals surface area (Å²) in [5, 5.41) is 3.77. The lowest BCUT2D eigenvalue weighted by molar-refractivity contribution is -0.113. The second-order valence-corrected chi connectivity index (χ2v) is 3.40. The van der Waals surface area contributed by atoms with Gasteiger partial charge in [0.15, 0.2) is 0 Å². The summed E-state index contributed by atoms with van der Waals surface area (Å²) in [4.78, 5) is 15.4. The Balaban J connectivity index is 2.46. The van der Waals surface area contributed by atoms with E-state index in [1.165, 1.54) is 0 Å². The third kappa shape index (κ3) is 2.10. The van der Waals surface area contributed by atoms with Crippen molar-refractivity contribution in [2.75, 3.05) is 11.1 Å². The maximum atomic E-state index is 11.2. The highest BCUT2D eigenvalue weighted by Gasteiger charge is 2.03. The molecular weight excluding hydrogens is 208 g/mol. The molecule has 0 radical (unpaired) electrons. The van der Waals surface area contributed by atoms with Gasteiger partial charge < -0.3 is 5.32 Å². The topological polar surface area (TPSA) is 42.0 Å². The second-order valence-electron chi connectivity index (χ2n) is 3.09. The highest BCUT2D eigenvalue weighted by atomic mass is 32.1. The van der Waals surface area contributed by atoms with Crippen LogP contribution in [0, 0.1) is 0 Å². The van der Waals surface area contributed by atoms with Gasteiger partial charge in [-0.05, 0) is 12.1 Å². The van der Waals surface area contributed by atoms with E-state index < -0.39 is 0 Å². The zero-order valence-electron chi connectivity index (χ0n) is 7.97. The molecule has 0 saturated carbocycles. The maximum absolute atomic E-state index is 11.2. The number of aromatic nitrogens is 1. The number of fused-ring (bicyclic) bond motifs is 1. The number of nitrogens with zero attached hydrogens (tertiary/aromatic N) is 1. The van der Waals surface area contributed by atoms with Crippen molar-refractivity contribution < 1.29 is 4.79 Å². The van der Waals surface area contributed by atoms with Gasteiger partial charge in [-0.25, -0.2) is 0 Å². The number of amides is 1. The predicted octanol–water partition coefficient (Wildman–Crippen LogP) is 2.10. The molecular formula is C11H10N2OS. The molecule has 2 aromatic rings. The van der Waals surface area contributed by atoms with E-state index in [-0.39, 0.29) is 11.7 Å². The van der Waals surface area contributed by atoms with E-state index in [4.69, 9.17) is 0 Å². The summed E-state index contributed by atoms with van der Waals surface area (Å²) in [6.07, 6.45) is 1.71. The SMILES string of the molecule is O=C(CS)Nc1cccc2cccnc12. The Bertz CT molecular complexity index is 493. The molecule has 0 saturated heterocycles. The number of nitrogens with one attached hydrogen (secondary N) is 1. The van der Waals surface area contributed by atoms with Gasteiger partial charge in [0.2, 0.25) is 5.91 Å². The highest BCUT2D eigenvalue weighted by Crippen LogP contribution is 2.20. The van der Waals surface area contributed by atoms with Gasteiger partial charge in [-0.3, -0.25) is 9.78 Å². The molecule has 76 valence electrons. The van der Waals surface area contributed by atoms with Crippen LogP contribution in [-0.2, 0) is 4.79 Å². The van der Waals surface area contributed by atoms with Gasteiger partial charge in [0.05, 0.1) is 17.0 Å². The molecule has 0 bridgehead atoms. The van der Waals surface area contributed by atoms with E-state index in [0.29, 0.717) is 0 Å². The number of thiol groups is 1. The van der Waals surface area contributed by atoms with E-state index in [2.05, 4.69) is 22.9 Å². The molecule has 0 spiro atoms. The molecule has 4 heteroatoms. The lowest BCUT2D eigenvalue weighted by atomic mass is 10.2. The van der Waals surface area contributed by atoms with Gasteiger partial charge in [-0.15, -0.1) is 0 Å². The predicted molar refractivity (Wildman–Crippen MR) is 64.2 cm³/mol. The van der Waals surface area contributed by atoms with Gasteiger partial charge in [0.25, 0.3) is 0 Å².